The number of nitro benzene ring substituents is 1. The maximum absolute atomic E-state index is 11.8. The van der Waals surface area contributed by atoms with E-state index in [1.807, 2.05) is 0 Å². The van der Waals surface area contributed by atoms with Crippen molar-refractivity contribution < 1.29 is 22.8 Å². The van der Waals surface area contributed by atoms with E-state index in [2.05, 4.69) is 10.1 Å². The van der Waals surface area contributed by atoms with E-state index >= 15 is 0 Å². The summed E-state index contributed by atoms with van der Waals surface area (Å²) in [4.78, 5) is 9.73. The molecule has 0 aliphatic heterocycles. The van der Waals surface area contributed by atoms with Gasteiger partial charge in [-0.3, -0.25) is 10.1 Å². The van der Waals surface area contributed by atoms with Crippen LogP contribution in [0.3, 0.4) is 0 Å². The van der Waals surface area contributed by atoms with Crippen LogP contribution >= 0.6 is 0 Å². The van der Waals surface area contributed by atoms with Gasteiger partial charge in [-0.25, -0.2) is 0 Å². The summed E-state index contributed by atoms with van der Waals surface area (Å²) < 4.78 is 39.1. The van der Waals surface area contributed by atoms with Crippen molar-refractivity contribution in [1.29, 1.82) is 0 Å². The fourth-order valence-electron chi connectivity index (χ4n) is 1.07. The van der Waals surface area contributed by atoms with Gasteiger partial charge in [-0.15, -0.1) is 13.2 Å². The Morgan fingerprint density at radius 1 is 1.44 bits per heavy atom. The number of nitro groups is 1. The van der Waals surface area contributed by atoms with Gasteiger partial charge in [0.1, 0.15) is 11.4 Å². The minimum absolute atomic E-state index is 0.111. The van der Waals surface area contributed by atoms with Crippen LogP contribution in [0.15, 0.2) is 18.2 Å². The molecule has 1 rings (SSSR count). The van der Waals surface area contributed by atoms with Crippen LogP contribution in [0.4, 0.5) is 24.5 Å². The molecule has 0 unspecified atom stereocenters. The Balaban J connectivity index is 3.07. The number of ether oxygens (including phenoxy) is 1. The van der Waals surface area contributed by atoms with Gasteiger partial charge in [-0.2, -0.15) is 0 Å². The smallest absolute Gasteiger partial charge is 0.406 e. The van der Waals surface area contributed by atoms with Crippen molar-refractivity contribution in [2.75, 3.05) is 12.4 Å². The topological polar surface area (TPSA) is 64.4 Å². The first-order valence-electron chi connectivity index (χ1n) is 4.05. The lowest BCUT2D eigenvalue weighted by Gasteiger charge is -2.09. The van der Waals surface area contributed by atoms with Crippen LogP contribution in [0.1, 0.15) is 0 Å². The molecule has 1 N–H and O–H groups in total. The van der Waals surface area contributed by atoms with E-state index in [1.54, 1.807) is 0 Å². The molecule has 1 aromatic rings. The molecular formula is C8H7F3N2O3. The number of alkyl halides is 3. The molecule has 88 valence electrons. The Morgan fingerprint density at radius 2 is 2.06 bits per heavy atom. The number of halogens is 3. The molecule has 0 saturated carbocycles. The van der Waals surface area contributed by atoms with Crippen molar-refractivity contribution in [2.45, 2.75) is 6.36 Å². The average Bonchev–Trinajstić information content (AvgIpc) is 2.15. The minimum Gasteiger partial charge on any atom is -0.406 e. The van der Waals surface area contributed by atoms with E-state index in [-0.39, 0.29) is 5.69 Å². The number of benzene rings is 1. The van der Waals surface area contributed by atoms with Crippen LogP contribution in [0.5, 0.6) is 5.75 Å². The molecule has 0 spiro atoms. The number of anilines is 1. The van der Waals surface area contributed by atoms with E-state index in [0.717, 1.165) is 12.1 Å². The lowest BCUT2D eigenvalue weighted by molar-refractivity contribution is -0.384. The Bertz CT molecular complexity index is 406. The normalized spacial score (nSPS) is 11.0. The van der Waals surface area contributed by atoms with Crippen molar-refractivity contribution in [1.82, 2.24) is 0 Å². The minimum atomic E-state index is -4.87. The highest BCUT2D eigenvalue weighted by molar-refractivity contribution is 5.63. The Labute approximate surface area is 88.0 Å². The fraction of sp³-hybridized carbons (Fsp3) is 0.250. The second kappa shape index (κ2) is 4.25. The molecule has 5 nitrogen and oxygen atoms in total. The summed E-state index contributed by atoms with van der Waals surface area (Å²) in [5.41, 5.74) is -0.372. The predicted octanol–water partition coefficient (Wildman–Crippen LogP) is 2.54. The molecule has 0 aliphatic rings. The summed E-state index contributed by atoms with van der Waals surface area (Å²) in [6.07, 6.45) is -4.87. The van der Waals surface area contributed by atoms with Crippen molar-refractivity contribution in [3.63, 3.8) is 0 Å². The first-order chi connectivity index (χ1) is 7.33. The summed E-state index contributed by atoms with van der Waals surface area (Å²) in [5.74, 6) is -0.627. The van der Waals surface area contributed by atoms with E-state index in [4.69, 9.17) is 0 Å². The first-order valence-corrected chi connectivity index (χ1v) is 4.05. The standard InChI is InChI=1S/C8H7F3N2O3/c1-12-6-3-2-5(16-8(9,10)11)4-7(6)13(14)15/h2-4,12H,1H3. The van der Waals surface area contributed by atoms with E-state index in [1.165, 1.54) is 7.05 Å². The molecule has 0 heterocycles. The SMILES string of the molecule is CNc1ccc(OC(F)(F)F)cc1[N+](=O)[O-]. The highest BCUT2D eigenvalue weighted by Crippen LogP contribution is 2.31. The molecule has 0 aliphatic carbocycles. The Morgan fingerprint density at radius 3 is 2.50 bits per heavy atom. The third-order valence-electron chi connectivity index (χ3n) is 1.67. The van der Waals surface area contributed by atoms with Crippen molar-refractivity contribution in [2.24, 2.45) is 0 Å². The van der Waals surface area contributed by atoms with Gasteiger partial charge in [0.05, 0.1) is 11.0 Å². The van der Waals surface area contributed by atoms with Gasteiger partial charge in [-0.05, 0) is 12.1 Å². The monoisotopic (exact) mass is 236 g/mol. The number of nitrogens with zero attached hydrogens (tertiary/aromatic N) is 1. The van der Waals surface area contributed by atoms with Gasteiger partial charge in [0.25, 0.3) is 5.69 Å². The molecule has 0 bridgehead atoms. The fourth-order valence-corrected chi connectivity index (χ4v) is 1.07. The zero-order chi connectivity index (χ0) is 12.3. The number of nitrogens with one attached hydrogen (secondary N) is 1. The predicted molar refractivity (Wildman–Crippen MR) is 49.3 cm³/mol. The molecule has 0 fully saturated rings. The van der Waals surface area contributed by atoms with Gasteiger partial charge in [0.15, 0.2) is 0 Å². The maximum Gasteiger partial charge on any atom is 0.573 e. The van der Waals surface area contributed by atoms with Gasteiger partial charge in [0.2, 0.25) is 0 Å². The van der Waals surface area contributed by atoms with Gasteiger partial charge in [0, 0.05) is 7.05 Å². The molecule has 0 amide bonds. The number of rotatable bonds is 3. The highest BCUT2D eigenvalue weighted by Gasteiger charge is 2.32. The van der Waals surface area contributed by atoms with Crippen LogP contribution in [-0.4, -0.2) is 18.3 Å². The molecular weight excluding hydrogens is 229 g/mol. The zero-order valence-corrected chi connectivity index (χ0v) is 8.04. The van der Waals surface area contributed by atoms with Crippen molar-refractivity contribution in [3.05, 3.63) is 28.3 Å². The molecule has 0 saturated heterocycles. The summed E-state index contributed by atoms with van der Waals surface area (Å²) in [5, 5.41) is 13.0. The summed E-state index contributed by atoms with van der Waals surface area (Å²) in [7, 11) is 1.42. The summed E-state index contributed by atoms with van der Waals surface area (Å²) >= 11 is 0. The van der Waals surface area contributed by atoms with E-state index in [0.29, 0.717) is 6.07 Å². The quantitative estimate of drug-likeness (QED) is 0.647. The van der Waals surface area contributed by atoms with E-state index < -0.39 is 22.7 Å². The second-order valence-corrected chi connectivity index (χ2v) is 2.73. The van der Waals surface area contributed by atoms with Crippen molar-refractivity contribution in [3.8, 4) is 5.75 Å². The molecule has 8 heteroatoms. The van der Waals surface area contributed by atoms with Crippen LogP contribution in [0, 0.1) is 10.1 Å². The lowest BCUT2D eigenvalue weighted by Crippen LogP contribution is -2.17. The first kappa shape index (κ1) is 12.1. The second-order valence-electron chi connectivity index (χ2n) is 2.73. The molecule has 0 aromatic heterocycles. The van der Waals surface area contributed by atoms with Crippen LogP contribution in [0.2, 0.25) is 0 Å². The zero-order valence-electron chi connectivity index (χ0n) is 8.04. The summed E-state index contributed by atoms with van der Waals surface area (Å²) in [6, 6.07) is 2.84. The largest absolute Gasteiger partial charge is 0.573 e. The summed E-state index contributed by atoms with van der Waals surface area (Å²) in [6.45, 7) is 0. The van der Waals surface area contributed by atoms with E-state index in [9.17, 15) is 23.3 Å². The van der Waals surface area contributed by atoms with Crippen LogP contribution < -0.4 is 10.1 Å². The molecule has 16 heavy (non-hydrogen) atoms. The molecule has 0 radical (unpaired) electrons. The Hall–Kier alpha value is -1.99. The van der Waals surface area contributed by atoms with Gasteiger partial charge >= 0.3 is 6.36 Å². The third-order valence-corrected chi connectivity index (χ3v) is 1.67. The average molecular weight is 236 g/mol. The maximum atomic E-state index is 11.8. The molecule has 1 aromatic carbocycles. The van der Waals surface area contributed by atoms with Crippen LogP contribution in [-0.2, 0) is 0 Å². The van der Waals surface area contributed by atoms with Crippen molar-refractivity contribution >= 4 is 11.4 Å². The third kappa shape index (κ3) is 3.01. The van der Waals surface area contributed by atoms with Gasteiger partial charge in [-0.1, -0.05) is 0 Å². The lowest BCUT2D eigenvalue weighted by atomic mass is 10.2. The Kier molecular flexibility index (Phi) is 3.21. The van der Waals surface area contributed by atoms with Gasteiger partial charge < -0.3 is 10.1 Å². The number of hydrogen-bond acceptors (Lipinski definition) is 4. The highest BCUT2D eigenvalue weighted by atomic mass is 19.4. The number of hydrogen-bond donors (Lipinski definition) is 1. The molecule has 0 atom stereocenters. The van der Waals surface area contributed by atoms with Crippen LogP contribution in [0.25, 0.3) is 0 Å².